The second kappa shape index (κ2) is 4.52. The number of benzene rings is 1. The fraction of sp³-hybridized carbons (Fsp3) is 0.400. The van der Waals surface area contributed by atoms with Gasteiger partial charge in [0.2, 0.25) is 5.78 Å². The smallest absolute Gasteiger partial charge is 0.399 e. The number of hydrogen-bond donors (Lipinski definition) is 0. The van der Waals surface area contributed by atoms with Crippen LogP contribution in [0.4, 0.5) is 0 Å². The van der Waals surface area contributed by atoms with E-state index in [9.17, 15) is 4.79 Å². The van der Waals surface area contributed by atoms with Crippen molar-refractivity contribution in [3.63, 3.8) is 0 Å². The maximum atomic E-state index is 11.4. The summed E-state index contributed by atoms with van der Waals surface area (Å²) in [4.78, 5) is 11.4. The van der Waals surface area contributed by atoms with Crippen molar-refractivity contribution < 1.29 is 14.1 Å². The van der Waals surface area contributed by atoms with Gasteiger partial charge in [-0.2, -0.15) is 0 Å². The van der Waals surface area contributed by atoms with E-state index in [4.69, 9.17) is 15.7 Å². The molecule has 1 aliphatic rings. The molecule has 0 aliphatic carbocycles. The summed E-state index contributed by atoms with van der Waals surface area (Å²) < 4.78 is 11.9. The van der Waals surface area contributed by atoms with Crippen LogP contribution in [0, 0.1) is 12.3 Å². The van der Waals surface area contributed by atoms with Gasteiger partial charge in [0.25, 0.3) is 0 Å². The molecule has 1 aromatic carbocycles. The van der Waals surface area contributed by atoms with Crippen LogP contribution in [0.25, 0.3) is 0 Å². The van der Waals surface area contributed by atoms with Crippen molar-refractivity contribution in [2.75, 3.05) is 0 Å². The number of carbonyl (C=O) groups excluding carboxylic acids is 1. The first-order valence-electron chi connectivity index (χ1n) is 6.23. The van der Waals surface area contributed by atoms with Gasteiger partial charge < -0.3 is 9.31 Å². The summed E-state index contributed by atoms with van der Waals surface area (Å²) in [7, 11) is -0.417. The van der Waals surface area contributed by atoms with Crippen LogP contribution in [0.1, 0.15) is 38.1 Å². The highest BCUT2D eigenvalue weighted by atomic mass is 16.7. The van der Waals surface area contributed by atoms with Crippen molar-refractivity contribution in [3.8, 4) is 12.3 Å². The molecule has 19 heavy (non-hydrogen) atoms. The summed E-state index contributed by atoms with van der Waals surface area (Å²) in [5, 5.41) is 0. The van der Waals surface area contributed by atoms with Crippen molar-refractivity contribution >= 4 is 18.4 Å². The summed E-state index contributed by atoms with van der Waals surface area (Å²) in [5.41, 5.74) is 0.644. The van der Waals surface area contributed by atoms with Crippen molar-refractivity contribution in [1.29, 1.82) is 0 Å². The van der Waals surface area contributed by atoms with Crippen LogP contribution in [0.5, 0.6) is 0 Å². The van der Waals surface area contributed by atoms with E-state index in [1.807, 2.05) is 39.8 Å². The zero-order valence-corrected chi connectivity index (χ0v) is 11.7. The molecule has 0 atom stereocenters. The second-order valence-electron chi connectivity index (χ2n) is 5.68. The van der Waals surface area contributed by atoms with E-state index in [-0.39, 0.29) is 17.0 Å². The highest BCUT2D eigenvalue weighted by molar-refractivity contribution is 6.62. The van der Waals surface area contributed by atoms with Gasteiger partial charge in [0, 0.05) is 5.56 Å². The van der Waals surface area contributed by atoms with Crippen molar-refractivity contribution in [3.05, 3.63) is 29.8 Å². The fourth-order valence-electron chi connectivity index (χ4n) is 1.85. The molecule has 98 valence electrons. The molecule has 0 aromatic heterocycles. The zero-order chi connectivity index (χ0) is 14.3. The summed E-state index contributed by atoms with van der Waals surface area (Å²) in [5.74, 6) is 1.78. The summed E-state index contributed by atoms with van der Waals surface area (Å²) >= 11 is 0. The van der Waals surface area contributed by atoms with Gasteiger partial charge in [-0.1, -0.05) is 24.3 Å². The third-order valence-corrected chi connectivity index (χ3v) is 3.83. The average Bonchev–Trinajstić information content (AvgIpc) is 2.58. The first-order valence-corrected chi connectivity index (χ1v) is 6.23. The van der Waals surface area contributed by atoms with Crippen LogP contribution >= 0.6 is 0 Å². The third kappa shape index (κ3) is 2.44. The van der Waals surface area contributed by atoms with E-state index >= 15 is 0 Å². The van der Waals surface area contributed by atoms with Crippen LogP contribution in [-0.4, -0.2) is 24.1 Å². The van der Waals surface area contributed by atoms with Crippen LogP contribution in [-0.2, 0) is 9.31 Å². The van der Waals surface area contributed by atoms with Gasteiger partial charge in [0.15, 0.2) is 0 Å². The average molecular weight is 256 g/mol. The highest BCUT2D eigenvalue weighted by Gasteiger charge is 2.51. The summed E-state index contributed by atoms with van der Waals surface area (Å²) in [6.45, 7) is 8.01. The molecular weight excluding hydrogens is 239 g/mol. The molecule has 1 aliphatic heterocycles. The molecule has 4 heteroatoms. The molecule has 0 bridgehead atoms. The first-order chi connectivity index (χ1) is 8.77. The number of hydrogen-bond acceptors (Lipinski definition) is 3. The normalized spacial score (nSPS) is 20.1. The van der Waals surface area contributed by atoms with E-state index in [1.165, 1.54) is 0 Å². The Morgan fingerprint density at radius 2 is 1.58 bits per heavy atom. The predicted molar refractivity (Wildman–Crippen MR) is 75.3 cm³/mol. The largest absolute Gasteiger partial charge is 0.494 e. The lowest BCUT2D eigenvalue weighted by atomic mass is 9.79. The molecule has 1 saturated heterocycles. The minimum atomic E-state index is -0.417. The maximum absolute atomic E-state index is 11.4. The Labute approximate surface area is 114 Å². The Morgan fingerprint density at radius 1 is 1.11 bits per heavy atom. The number of terminal acetylenes is 1. The Hall–Kier alpha value is -1.57. The molecule has 1 aromatic rings. The fourth-order valence-corrected chi connectivity index (χ4v) is 1.85. The molecule has 0 N–H and O–H groups in total. The Kier molecular flexibility index (Phi) is 3.30. The minimum Gasteiger partial charge on any atom is -0.399 e. The molecule has 3 nitrogen and oxygen atoms in total. The van der Waals surface area contributed by atoms with E-state index in [1.54, 1.807) is 12.1 Å². The van der Waals surface area contributed by atoms with Gasteiger partial charge in [-0.15, -0.1) is 6.42 Å². The third-order valence-electron chi connectivity index (χ3n) is 3.83. The van der Waals surface area contributed by atoms with Gasteiger partial charge in [-0.25, -0.2) is 0 Å². The van der Waals surface area contributed by atoms with Crippen LogP contribution in [0.2, 0.25) is 0 Å². The minimum absolute atomic E-state index is 0.319. The number of carbonyl (C=O) groups is 1. The Balaban J connectivity index is 2.22. The lowest BCUT2D eigenvalue weighted by Crippen LogP contribution is -2.41. The van der Waals surface area contributed by atoms with Gasteiger partial charge in [0.1, 0.15) is 0 Å². The molecule has 0 spiro atoms. The summed E-state index contributed by atoms with van der Waals surface area (Å²) in [6, 6.07) is 7.02. The number of Topliss-reactive ketones (excluding diaryl/α,β-unsaturated/α-hetero) is 1. The van der Waals surface area contributed by atoms with Gasteiger partial charge in [0.05, 0.1) is 11.2 Å². The summed E-state index contributed by atoms with van der Waals surface area (Å²) in [6.07, 6.45) is 5.09. The van der Waals surface area contributed by atoms with E-state index in [2.05, 4.69) is 5.92 Å². The molecule has 2 rings (SSSR count). The molecule has 1 heterocycles. The lowest BCUT2D eigenvalue weighted by molar-refractivity contribution is 0.00578. The van der Waals surface area contributed by atoms with Gasteiger partial charge in [-0.3, -0.25) is 4.79 Å². The zero-order valence-electron chi connectivity index (χ0n) is 11.7. The van der Waals surface area contributed by atoms with E-state index in [0.717, 1.165) is 5.46 Å². The van der Waals surface area contributed by atoms with Crippen LogP contribution < -0.4 is 5.46 Å². The van der Waals surface area contributed by atoms with Crippen LogP contribution in [0.15, 0.2) is 24.3 Å². The first kappa shape index (κ1) is 13.9. The monoisotopic (exact) mass is 256 g/mol. The molecule has 0 saturated carbocycles. The molecule has 0 unspecified atom stereocenters. The highest BCUT2D eigenvalue weighted by Crippen LogP contribution is 2.36. The standard InChI is InChI=1S/C15H17BO3/c1-6-13(17)11-7-9-12(10-8-11)16-18-14(2,3)15(4,5)19-16/h1,7-10H,2-5H3. The second-order valence-corrected chi connectivity index (χ2v) is 5.68. The van der Waals surface area contributed by atoms with Crippen molar-refractivity contribution in [2.45, 2.75) is 38.9 Å². The quantitative estimate of drug-likeness (QED) is 0.350. The van der Waals surface area contributed by atoms with Crippen molar-refractivity contribution in [1.82, 2.24) is 0 Å². The van der Waals surface area contributed by atoms with Gasteiger partial charge in [-0.05, 0) is 39.1 Å². The Morgan fingerprint density at radius 3 is 2.00 bits per heavy atom. The molecule has 0 radical (unpaired) electrons. The molecular formula is C15H17BO3. The maximum Gasteiger partial charge on any atom is 0.494 e. The van der Waals surface area contributed by atoms with Crippen LogP contribution in [0.3, 0.4) is 0 Å². The topological polar surface area (TPSA) is 35.5 Å². The van der Waals surface area contributed by atoms with E-state index < -0.39 is 7.12 Å². The van der Waals surface area contributed by atoms with E-state index in [0.29, 0.717) is 5.56 Å². The molecule has 1 fully saturated rings. The lowest BCUT2D eigenvalue weighted by Gasteiger charge is -2.32. The number of rotatable bonds is 2. The molecule has 0 amide bonds. The number of ketones is 1. The Bertz CT molecular complexity index is 522. The van der Waals surface area contributed by atoms with Gasteiger partial charge >= 0.3 is 7.12 Å². The predicted octanol–water partition coefficient (Wildman–Crippen LogP) is 1.80. The van der Waals surface area contributed by atoms with Crippen molar-refractivity contribution in [2.24, 2.45) is 0 Å². The SMILES string of the molecule is C#CC(=O)c1ccc(B2OC(C)(C)C(C)(C)O2)cc1.